The van der Waals surface area contributed by atoms with Gasteiger partial charge < -0.3 is 4.74 Å². The first-order valence-corrected chi connectivity index (χ1v) is 8.76. The van der Waals surface area contributed by atoms with Crippen molar-refractivity contribution in [1.29, 1.82) is 0 Å². The Kier molecular flexibility index (Phi) is 5.08. The number of sulfonamides is 1. The molecule has 2 rings (SSSR count). The van der Waals surface area contributed by atoms with Crippen LogP contribution in [0.25, 0.3) is 0 Å². The second-order valence-corrected chi connectivity index (χ2v) is 7.14. The number of methoxy groups -OCH3 is 1. The summed E-state index contributed by atoms with van der Waals surface area (Å²) in [6, 6.07) is 13.2. The van der Waals surface area contributed by atoms with E-state index < -0.39 is 10.0 Å². The zero-order valence-corrected chi connectivity index (χ0v) is 13.9. The molecule has 0 aliphatic rings. The van der Waals surface area contributed by atoms with Crippen LogP contribution in [0.5, 0.6) is 5.75 Å². The van der Waals surface area contributed by atoms with E-state index in [2.05, 4.69) is 4.72 Å². The van der Waals surface area contributed by atoms with Crippen molar-refractivity contribution in [1.82, 2.24) is 0 Å². The van der Waals surface area contributed by atoms with Gasteiger partial charge in [-0.2, -0.15) is 0 Å². The average molecular weight is 319 g/mol. The molecule has 118 valence electrons. The monoisotopic (exact) mass is 319 g/mol. The minimum atomic E-state index is -3.43. The van der Waals surface area contributed by atoms with Gasteiger partial charge in [-0.05, 0) is 49.1 Å². The van der Waals surface area contributed by atoms with Gasteiger partial charge in [0, 0.05) is 0 Å². The van der Waals surface area contributed by atoms with Crippen LogP contribution in [0.15, 0.2) is 42.5 Å². The van der Waals surface area contributed by atoms with Gasteiger partial charge in [0.15, 0.2) is 0 Å². The van der Waals surface area contributed by atoms with E-state index in [0.29, 0.717) is 17.9 Å². The van der Waals surface area contributed by atoms with Crippen LogP contribution in [-0.2, 0) is 16.4 Å². The standard InChI is InChI=1S/C17H21NO3S/c1-13-11-16(17(21-3)12-14(13)2)18-22(19,20)10-9-15-7-5-4-6-8-15/h4-8,11-12,18H,9-10H2,1-3H3. The van der Waals surface area contributed by atoms with E-state index in [1.165, 1.54) is 7.11 Å². The molecule has 0 spiro atoms. The van der Waals surface area contributed by atoms with Gasteiger partial charge in [0.25, 0.3) is 0 Å². The van der Waals surface area contributed by atoms with Crippen molar-refractivity contribution in [3.8, 4) is 5.75 Å². The van der Waals surface area contributed by atoms with Gasteiger partial charge in [-0.3, -0.25) is 4.72 Å². The van der Waals surface area contributed by atoms with Crippen molar-refractivity contribution >= 4 is 15.7 Å². The zero-order chi connectivity index (χ0) is 16.2. The van der Waals surface area contributed by atoms with Gasteiger partial charge in [-0.1, -0.05) is 30.3 Å². The fourth-order valence-electron chi connectivity index (χ4n) is 2.15. The molecule has 0 amide bonds. The first kappa shape index (κ1) is 16.4. The molecule has 0 heterocycles. The summed E-state index contributed by atoms with van der Waals surface area (Å²) in [5, 5.41) is 0. The summed E-state index contributed by atoms with van der Waals surface area (Å²) >= 11 is 0. The van der Waals surface area contributed by atoms with Crippen LogP contribution in [0.1, 0.15) is 16.7 Å². The van der Waals surface area contributed by atoms with E-state index in [1.807, 2.05) is 50.2 Å². The SMILES string of the molecule is COc1cc(C)c(C)cc1NS(=O)(=O)CCc1ccccc1. The summed E-state index contributed by atoms with van der Waals surface area (Å²) in [4.78, 5) is 0. The third-order valence-electron chi connectivity index (χ3n) is 3.58. The van der Waals surface area contributed by atoms with Crippen molar-refractivity contribution in [2.45, 2.75) is 20.3 Å². The number of aryl methyl sites for hydroxylation is 3. The van der Waals surface area contributed by atoms with Gasteiger partial charge in [-0.25, -0.2) is 8.42 Å². The molecule has 0 radical (unpaired) electrons. The van der Waals surface area contributed by atoms with Crippen LogP contribution >= 0.6 is 0 Å². The number of hydrogen-bond acceptors (Lipinski definition) is 3. The fraction of sp³-hybridized carbons (Fsp3) is 0.294. The van der Waals surface area contributed by atoms with Gasteiger partial charge in [0.2, 0.25) is 10.0 Å². The highest BCUT2D eigenvalue weighted by Crippen LogP contribution is 2.28. The van der Waals surface area contributed by atoms with E-state index >= 15 is 0 Å². The first-order valence-electron chi connectivity index (χ1n) is 7.11. The lowest BCUT2D eigenvalue weighted by atomic mass is 10.1. The Labute approximate surface area is 132 Å². The molecule has 0 unspecified atom stereocenters. The van der Waals surface area contributed by atoms with E-state index in [9.17, 15) is 8.42 Å². The number of benzene rings is 2. The number of ether oxygens (including phenoxy) is 1. The normalized spacial score (nSPS) is 11.2. The lowest BCUT2D eigenvalue weighted by Gasteiger charge is -2.14. The van der Waals surface area contributed by atoms with Gasteiger partial charge >= 0.3 is 0 Å². The molecule has 0 saturated heterocycles. The Balaban J connectivity index is 2.13. The summed E-state index contributed by atoms with van der Waals surface area (Å²) in [6.45, 7) is 3.90. The van der Waals surface area contributed by atoms with Crippen LogP contribution < -0.4 is 9.46 Å². The maximum absolute atomic E-state index is 12.3. The molecule has 0 aliphatic heterocycles. The van der Waals surface area contributed by atoms with E-state index in [4.69, 9.17) is 4.74 Å². The molecule has 0 atom stereocenters. The predicted molar refractivity (Wildman–Crippen MR) is 90.0 cm³/mol. The maximum atomic E-state index is 12.3. The van der Waals surface area contributed by atoms with Crippen LogP contribution in [0.3, 0.4) is 0 Å². The molecule has 0 aliphatic carbocycles. The zero-order valence-electron chi connectivity index (χ0n) is 13.1. The van der Waals surface area contributed by atoms with Crippen LogP contribution in [0, 0.1) is 13.8 Å². The van der Waals surface area contributed by atoms with Crippen LogP contribution in [0.2, 0.25) is 0 Å². The third kappa shape index (κ3) is 4.24. The Hall–Kier alpha value is -2.01. The number of rotatable bonds is 6. The highest BCUT2D eigenvalue weighted by atomic mass is 32.2. The Bertz CT molecular complexity index is 740. The van der Waals surface area contributed by atoms with E-state index in [0.717, 1.165) is 16.7 Å². The van der Waals surface area contributed by atoms with Crippen molar-refractivity contribution in [2.75, 3.05) is 17.6 Å². The summed E-state index contributed by atoms with van der Waals surface area (Å²) < 4.78 is 32.4. The van der Waals surface area contributed by atoms with E-state index in [1.54, 1.807) is 6.07 Å². The molecule has 22 heavy (non-hydrogen) atoms. The highest BCUT2D eigenvalue weighted by molar-refractivity contribution is 7.92. The summed E-state index contributed by atoms with van der Waals surface area (Å²) in [6.07, 6.45) is 0.476. The first-order chi connectivity index (χ1) is 10.4. The smallest absolute Gasteiger partial charge is 0.233 e. The summed E-state index contributed by atoms with van der Waals surface area (Å²) in [7, 11) is -1.89. The van der Waals surface area contributed by atoms with Gasteiger partial charge in [0.05, 0.1) is 18.6 Å². The average Bonchev–Trinajstić information content (AvgIpc) is 2.49. The maximum Gasteiger partial charge on any atom is 0.233 e. The van der Waals surface area contributed by atoms with Gasteiger partial charge in [0.1, 0.15) is 5.75 Å². The van der Waals surface area contributed by atoms with Crippen molar-refractivity contribution in [2.24, 2.45) is 0 Å². The molecule has 0 bridgehead atoms. The molecular weight excluding hydrogens is 298 g/mol. The second-order valence-electron chi connectivity index (χ2n) is 5.29. The Morgan fingerprint density at radius 2 is 1.68 bits per heavy atom. The molecular formula is C17H21NO3S. The van der Waals surface area contributed by atoms with Crippen molar-refractivity contribution in [3.05, 3.63) is 59.2 Å². The quantitative estimate of drug-likeness (QED) is 0.889. The molecule has 0 fully saturated rings. The van der Waals surface area contributed by atoms with Crippen molar-refractivity contribution < 1.29 is 13.2 Å². The predicted octanol–water partition coefficient (Wildman–Crippen LogP) is 3.30. The number of hydrogen-bond donors (Lipinski definition) is 1. The summed E-state index contributed by atoms with van der Waals surface area (Å²) in [5.41, 5.74) is 3.56. The van der Waals surface area contributed by atoms with Gasteiger partial charge in [-0.15, -0.1) is 0 Å². The Morgan fingerprint density at radius 1 is 1.05 bits per heavy atom. The lowest BCUT2D eigenvalue weighted by Crippen LogP contribution is -2.18. The summed E-state index contributed by atoms with van der Waals surface area (Å²) in [5.74, 6) is 0.569. The second kappa shape index (κ2) is 6.83. The number of nitrogens with one attached hydrogen (secondary N) is 1. The topological polar surface area (TPSA) is 55.4 Å². The molecule has 4 nitrogen and oxygen atoms in total. The van der Waals surface area contributed by atoms with Crippen molar-refractivity contribution in [3.63, 3.8) is 0 Å². The van der Waals surface area contributed by atoms with E-state index in [-0.39, 0.29) is 5.75 Å². The fourth-order valence-corrected chi connectivity index (χ4v) is 3.25. The molecule has 5 heteroatoms. The molecule has 0 saturated carbocycles. The third-order valence-corrected chi connectivity index (χ3v) is 4.86. The Morgan fingerprint density at radius 3 is 2.32 bits per heavy atom. The lowest BCUT2D eigenvalue weighted by molar-refractivity contribution is 0.416. The molecule has 2 aromatic carbocycles. The molecule has 0 aromatic heterocycles. The molecule has 2 aromatic rings. The molecule has 1 N–H and O–H groups in total. The van der Waals surface area contributed by atoms with Crippen LogP contribution in [-0.4, -0.2) is 21.3 Å². The van der Waals surface area contributed by atoms with Crippen LogP contribution in [0.4, 0.5) is 5.69 Å². The highest BCUT2D eigenvalue weighted by Gasteiger charge is 2.14. The largest absolute Gasteiger partial charge is 0.495 e. The minimum Gasteiger partial charge on any atom is -0.495 e. The number of anilines is 1. The minimum absolute atomic E-state index is 0.0348.